The van der Waals surface area contributed by atoms with Crippen molar-refractivity contribution in [3.05, 3.63) is 0 Å². The number of nitrogens with one attached hydrogen (secondary N) is 1. The van der Waals surface area contributed by atoms with Crippen LogP contribution in [0.1, 0.15) is 0 Å². The molecule has 1 N–H and O–H groups in total. The number of ether oxygens (including phenoxy) is 1. The van der Waals surface area contributed by atoms with Crippen LogP contribution in [0.3, 0.4) is 0 Å². The first-order valence-electron chi connectivity index (χ1n) is 3.94. The molecule has 62 valence electrons. The molecule has 0 unspecified atom stereocenters. The molecular weight excluding hydrogens is 144 g/mol. The van der Waals surface area contributed by atoms with Gasteiger partial charge in [-0.2, -0.15) is 0 Å². The van der Waals surface area contributed by atoms with Crippen LogP contribution >= 0.6 is 0 Å². The van der Waals surface area contributed by atoms with Gasteiger partial charge in [0.2, 0.25) is 6.41 Å². The van der Waals surface area contributed by atoms with Crippen LogP contribution in [0.4, 0.5) is 0 Å². The molecule has 2 saturated heterocycles. The maximum Gasteiger partial charge on any atom is 0.209 e. The summed E-state index contributed by atoms with van der Waals surface area (Å²) < 4.78 is 5.47. The van der Waals surface area contributed by atoms with E-state index in [-0.39, 0.29) is 6.10 Å². The largest absolute Gasteiger partial charge is 0.373 e. The number of rotatable bonds is 1. The molecule has 0 aromatic rings. The van der Waals surface area contributed by atoms with Crippen LogP contribution in [0.25, 0.3) is 0 Å². The Balaban J connectivity index is 1.97. The lowest BCUT2D eigenvalue weighted by Crippen LogP contribution is -2.47. The Morgan fingerprint density at radius 3 is 3.18 bits per heavy atom. The van der Waals surface area contributed by atoms with Crippen molar-refractivity contribution >= 4 is 6.41 Å². The predicted molar refractivity (Wildman–Crippen MR) is 39.2 cm³/mol. The zero-order valence-electron chi connectivity index (χ0n) is 6.32. The minimum atomic E-state index is 0.231. The first kappa shape index (κ1) is 7.06. The third-order valence-electron chi connectivity index (χ3n) is 2.28. The highest BCUT2D eigenvalue weighted by atomic mass is 16.5. The van der Waals surface area contributed by atoms with E-state index in [9.17, 15) is 4.79 Å². The van der Waals surface area contributed by atoms with E-state index in [4.69, 9.17) is 4.74 Å². The van der Waals surface area contributed by atoms with E-state index in [0.29, 0.717) is 6.04 Å². The first-order valence-corrected chi connectivity index (χ1v) is 3.94. The summed E-state index contributed by atoms with van der Waals surface area (Å²) in [5, 5.41) is 3.32. The lowest BCUT2D eigenvalue weighted by molar-refractivity contribution is -0.117. The minimum Gasteiger partial charge on any atom is -0.373 e. The van der Waals surface area contributed by atoms with Gasteiger partial charge < -0.3 is 15.0 Å². The van der Waals surface area contributed by atoms with Crippen LogP contribution in [0, 0.1) is 0 Å². The molecule has 2 heterocycles. The third kappa shape index (κ3) is 1.23. The predicted octanol–water partition coefficient (Wildman–Crippen LogP) is -1.18. The van der Waals surface area contributed by atoms with Crippen LogP contribution in [0.2, 0.25) is 0 Å². The Labute approximate surface area is 65.5 Å². The molecular formula is C7H12N2O2. The lowest BCUT2D eigenvalue weighted by atomic mass is 10.2. The van der Waals surface area contributed by atoms with E-state index in [0.717, 1.165) is 32.7 Å². The molecule has 2 fully saturated rings. The van der Waals surface area contributed by atoms with E-state index in [1.54, 1.807) is 4.90 Å². The molecule has 11 heavy (non-hydrogen) atoms. The molecule has 0 aliphatic carbocycles. The molecule has 0 spiro atoms. The average molecular weight is 156 g/mol. The Bertz CT molecular complexity index is 149. The van der Waals surface area contributed by atoms with Gasteiger partial charge in [-0.15, -0.1) is 0 Å². The molecule has 4 heteroatoms. The van der Waals surface area contributed by atoms with Gasteiger partial charge in [0.25, 0.3) is 0 Å². The molecule has 2 rings (SSSR count). The van der Waals surface area contributed by atoms with Crippen molar-refractivity contribution < 1.29 is 9.53 Å². The number of fused-ring (bicyclic) bond motifs is 1. The Morgan fingerprint density at radius 1 is 1.55 bits per heavy atom. The van der Waals surface area contributed by atoms with Crippen LogP contribution in [0.5, 0.6) is 0 Å². The number of carbonyl (C=O) groups excluding carboxylic acids is 1. The number of morpholine rings is 1. The molecule has 0 bridgehead atoms. The van der Waals surface area contributed by atoms with Gasteiger partial charge in [-0.05, 0) is 0 Å². The summed E-state index contributed by atoms with van der Waals surface area (Å²) in [7, 11) is 0. The zero-order chi connectivity index (χ0) is 7.68. The highest BCUT2D eigenvalue weighted by Crippen LogP contribution is 2.14. The summed E-state index contributed by atoms with van der Waals surface area (Å²) in [6.07, 6.45) is 1.12. The molecule has 0 radical (unpaired) electrons. The van der Waals surface area contributed by atoms with E-state index >= 15 is 0 Å². The van der Waals surface area contributed by atoms with Crippen LogP contribution in [-0.2, 0) is 9.53 Å². The second-order valence-corrected chi connectivity index (χ2v) is 3.03. The van der Waals surface area contributed by atoms with Gasteiger partial charge in [-0.25, -0.2) is 0 Å². The van der Waals surface area contributed by atoms with Crippen LogP contribution < -0.4 is 5.32 Å². The van der Waals surface area contributed by atoms with Crippen LogP contribution in [0.15, 0.2) is 0 Å². The van der Waals surface area contributed by atoms with Gasteiger partial charge in [0.05, 0.1) is 18.8 Å². The Kier molecular flexibility index (Phi) is 1.79. The van der Waals surface area contributed by atoms with Gasteiger partial charge in [0.15, 0.2) is 0 Å². The monoisotopic (exact) mass is 156 g/mol. The fourth-order valence-corrected chi connectivity index (χ4v) is 1.71. The van der Waals surface area contributed by atoms with Gasteiger partial charge >= 0.3 is 0 Å². The van der Waals surface area contributed by atoms with E-state index in [2.05, 4.69) is 5.32 Å². The topological polar surface area (TPSA) is 41.6 Å². The number of hydrogen-bond acceptors (Lipinski definition) is 3. The summed E-state index contributed by atoms with van der Waals surface area (Å²) in [5.74, 6) is 0. The fraction of sp³-hybridized carbons (Fsp3) is 0.857. The summed E-state index contributed by atoms with van der Waals surface area (Å²) in [5.41, 5.74) is 0. The second kappa shape index (κ2) is 2.79. The van der Waals surface area contributed by atoms with E-state index in [1.165, 1.54) is 0 Å². The van der Waals surface area contributed by atoms with E-state index < -0.39 is 0 Å². The van der Waals surface area contributed by atoms with Gasteiger partial charge in [0.1, 0.15) is 0 Å². The van der Waals surface area contributed by atoms with Crippen molar-refractivity contribution in [3.63, 3.8) is 0 Å². The number of nitrogens with zero attached hydrogens (tertiary/aromatic N) is 1. The smallest absolute Gasteiger partial charge is 0.209 e. The minimum absolute atomic E-state index is 0.231. The molecule has 2 aliphatic heterocycles. The lowest BCUT2D eigenvalue weighted by Gasteiger charge is -2.25. The van der Waals surface area contributed by atoms with Gasteiger partial charge in [-0.3, -0.25) is 4.79 Å². The summed E-state index contributed by atoms with van der Waals surface area (Å²) in [6, 6.07) is 0.369. The SMILES string of the molecule is O=CN1C[C@@H]2OCCN[C@@H]2C1. The normalized spacial score (nSPS) is 36.9. The Morgan fingerprint density at radius 2 is 2.45 bits per heavy atom. The molecule has 0 aromatic heterocycles. The Hall–Kier alpha value is -0.610. The van der Waals surface area contributed by atoms with Crippen molar-refractivity contribution in [2.24, 2.45) is 0 Å². The van der Waals surface area contributed by atoms with Gasteiger partial charge in [0, 0.05) is 19.6 Å². The third-order valence-corrected chi connectivity index (χ3v) is 2.28. The average Bonchev–Trinajstić information content (AvgIpc) is 2.46. The first-order chi connectivity index (χ1) is 5.40. The van der Waals surface area contributed by atoms with Crippen molar-refractivity contribution in [2.75, 3.05) is 26.2 Å². The number of likely N-dealkylation sites (tertiary alicyclic amines) is 1. The number of hydrogen-bond donors (Lipinski definition) is 1. The van der Waals surface area contributed by atoms with Crippen molar-refractivity contribution in [1.82, 2.24) is 10.2 Å². The standard InChI is InChI=1S/C7H12N2O2/c10-5-9-3-6-7(4-9)11-2-1-8-6/h5-8H,1-4H2/t6-,7+/m1/s1. The quantitative estimate of drug-likeness (QED) is 0.486. The molecule has 2 aliphatic rings. The summed E-state index contributed by atoms with van der Waals surface area (Å²) >= 11 is 0. The molecule has 4 nitrogen and oxygen atoms in total. The summed E-state index contributed by atoms with van der Waals surface area (Å²) in [4.78, 5) is 12.2. The van der Waals surface area contributed by atoms with Gasteiger partial charge in [-0.1, -0.05) is 0 Å². The number of amides is 1. The van der Waals surface area contributed by atoms with Crippen molar-refractivity contribution in [3.8, 4) is 0 Å². The molecule has 0 saturated carbocycles. The number of carbonyl (C=O) groups is 1. The zero-order valence-corrected chi connectivity index (χ0v) is 6.32. The second-order valence-electron chi connectivity index (χ2n) is 3.03. The molecule has 2 atom stereocenters. The van der Waals surface area contributed by atoms with Crippen molar-refractivity contribution in [2.45, 2.75) is 12.1 Å². The highest BCUT2D eigenvalue weighted by molar-refractivity contribution is 5.48. The maximum atomic E-state index is 10.4. The van der Waals surface area contributed by atoms with E-state index in [1.807, 2.05) is 0 Å². The van der Waals surface area contributed by atoms with Crippen LogP contribution in [-0.4, -0.2) is 49.7 Å². The summed E-state index contributed by atoms with van der Waals surface area (Å²) in [6.45, 7) is 3.23. The van der Waals surface area contributed by atoms with Crippen molar-refractivity contribution in [1.29, 1.82) is 0 Å². The fourth-order valence-electron chi connectivity index (χ4n) is 1.71. The maximum absolute atomic E-state index is 10.4. The highest BCUT2D eigenvalue weighted by Gasteiger charge is 2.34. The molecule has 0 aromatic carbocycles. The molecule has 1 amide bonds.